The van der Waals surface area contributed by atoms with Gasteiger partial charge in [0.05, 0.1) is 12.7 Å². The quantitative estimate of drug-likeness (QED) is 0.276. The lowest BCUT2D eigenvalue weighted by atomic mass is 10.3. The van der Waals surface area contributed by atoms with E-state index in [2.05, 4.69) is 36.5 Å². The molecule has 8 heteroatoms. The molecular weight excluding hydrogens is 294 g/mol. The number of aromatic amines is 1. The number of rotatable bonds is 8. The number of nitrogens with zero attached hydrogens (tertiary/aromatic N) is 2. The molecule has 1 rings (SSSR count). The van der Waals surface area contributed by atoms with Gasteiger partial charge >= 0.3 is 0 Å². The lowest BCUT2D eigenvalue weighted by molar-refractivity contribution is -0.120. The van der Waals surface area contributed by atoms with E-state index in [4.69, 9.17) is 0 Å². The number of hydrogen-bond acceptors (Lipinski definition) is 5. The normalized spacial score (nSPS) is 13.6. The van der Waals surface area contributed by atoms with Crippen LogP contribution in [0.1, 0.15) is 26.5 Å². The van der Waals surface area contributed by atoms with Gasteiger partial charge in [-0.1, -0.05) is 0 Å². The Bertz CT molecular complexity index is 562. The third-order valence-corrected chi connectivity index (χ3v) is 2.94. The van der Waals surface area contributed by atoms with Gasteiger partial charge in [0.1, 0.15) is 5.84 Å². The van der Waals surface area contributed by atoms with Gasteiger partial charge < -0.3 is 16.0 Å². The Morgan fingerprint density at radius 3 is 2.83 bits per heavy atom. The second-order valence-electron chi connectivity index (χ2n) is 5.20. The van der Waals surface area contributed by atoms with E-state index in [-0.39, 0.29) is 18.6 Å². The minimum Gasteiger partial charge on any atom is -0.374 e. The van der Waals surface area contributed by atoms with Crippen LogP contribution in [0.4, 0.5) is 5.82 Å². The van der Waals surface area contributed by atoms with Gasteiger partial charge in [-0.05, 0) is 33.8 Å². The molecule has 0 aliphatic carbocycles. The molecule has 0 saturated carbocycles. The van der Waals surface area contributed by atoms with Gasteiger partial charge in [-0.25, -0.2) is 0 Å². The molecule has 0 saturated heterocycles. The second-order valence-corrected chi connectivity index (χ2v) is 5.20. The highest BCUT2D eigenvalue weighted by molar-refractivity contribution is 6.03. The molecule has 128 valence electrons. The number of allylic oxidation sites excluding steroid dienone is 1. The molecule has 5 N–H and O–H groups in total. The first-order valence-corrected chi connectivity index (χ1v) is 7.65. The summed E-state index contributed by atoms with van der Waals surface area (Å²) in [5, 5.41) is 19.2. The summed E-state index contributed by atoms with van der Waals surface area (Å²) >= 11 is 0. The minimum atomic E-state index is -0.0420. The molecule has 1 amide bonds. The fraction of sp³-hybridized carbons (Fsp3) is 0.533. The molecule has 0 aliphatic rings. The largest absolute Gasteiger partial charge is 0.374 e. The SMILES string of the molecule is CCNC(=O)CNC(C)NC(C)=CC(=NC)Nc1cc(C)[nH]n1. The number of H-pyrrole nitrogens is 1. The fourth-order valence-electron chi connectivity index (χ4n) is 1.91. The van der Waals surface area contributed by atoms with Crippen molar-refractivity contribution in [1.82, 2.24) is 26.1 Å². The summed E-state index contributed by atoms with van der Waals surface area (Å²) in [5.74, 6) is 1.39. The fourth-order valence-corrected chi connectivity index (χ4v) is 1.91. The van der Waals surface area contributed by atoms with E-state index in [1.54, 1.807) is 7.05 Å². The van der Waals surface area contributed by atoms with Gasteiger partial charge in [-0.2, -0.15) is 5.10 Å². The van der Waals surface area contributed by atoms with Crippen LogP contribution in [0.25, 0.3) is 0 Å². The Kier molecular flexibility index (Phi) is 7.82. The first kappa shape index (κ1) is 18.7. The van der Waals surface area contributed by atoms with E-state index >= 15 is 0 Å². The number of carbonyl (C=O) groups is 1. The Labute approximate surface area is 137 Å². The molecule has 0 bridgehead atoms. The molecule has 0 aromatic carbocycles. The second kappa shape index (κ2) is 9.62. The Hall–Kier alpha value is -2.35. The monoisotopic (exact) mass is 321 g/mol. The molecule has 1 aromatic rings. The lowest BCUT2D eigenvalue weighted by Gasteiger charge is -2.17. The number of anilines is 1. The Morgan fingerprint density at radius 2 is 2.26 bits per heavy atom. The summed E-state index contributed by atoms with van der Waals surface area (Å²) in [6.45, 7) is 8.62. The van der Waals surface area contributed by atoms with Crippen LogP contribution < -0.4 is 21.3 Å². The molecular formula is C15H27N7O. The number of aromatic nitrogens is 2. The van der Waals surface area contributed by atoms with Crippen molar-refractivity contribution < 1.29 is 4.79 Å². The van der Waals surface area contributed by atoms with Crippen LogP contribution in [0.5, 0.6) is 0 Å². The summed E-state index contributed by atoms with van der Waals surface area (Å²) in [6, 6.07) is 1.90. The van der Waals surface area contributed by atoms with Crippen LogP contribution in [0, 0.1) is 6.92 Å². The Morgan fingerprint density at radius 1 is 1.52 bits per heavy atom. The number of amides is 1. The maximum absolute atomic E-state index is 11.4. The number of carbonyl (C=O) groups excluding carboxylic acids is 1. The summed E-state index contributed by atoms with van der Waals surface area (Å²) in [5.41, 5.74) is 1.89. The summed E-state index contributed by atoms with van der Waals surface area (Å²) < 4.78 is 0. The first-order valence-electron chi connectivity index (χ1n) is 7.65. The summed E-state index contributed by atoms with van der Waals surface area (Å²) in [4.78, 5) is 15.6. The van der Waals surface area contributed by atoms with Crippen LogP contribution >= 0.6 is 0 Å². The van der Waals surface area contributed by atoms with Gasteiger partial charge in [0.25, 0.3) is 0 Å². The molecule has 0 spiro atoms. The third kappa shape index (κ3) is 7.46. The lowest BCUT2D eigenvalue weighted by Crippen LogP contribution is -2.44. The summed E-state index contributed by atoms with van der Waals surface area (Å²) in [7, 11) is 1.71. The number of aryl methyl sites for hydroxylation is 1. The predicted molar refractivity (Wildman–Crippen MR) is 93.3 cm³/mol. The van der Waals surface area contributed by atoms with Gasteiger partial charge in [-0.15, -0.1) is 0 Å². The molecule has 1 unspecified atom stereocenters. The van der Waals surface area contributed by atoms with E-state index in [9.17, 15) is 4.79 Å². The topological polar surface area (TPSA) is 106 Å². The third-order valence-electron chi connectivity index (χ3n) is 2.94. The van der Waals surface area contributed by atoms with Crippen LogP contribution in [-0.2, 0) is 4.79 Å². The van der Waals surface area contributed by atoms with Crippen molar-refractivity contribution >= 4 is 17.6 Å². The van der Waals surface area contributed by atoms with Crippen molar-refractivity contribution in [3.8, 4) is 0 Å². The average molecular weight is 321 g/mol. The molecule has 8 nitrogen and oxygen atoms in total. The van der Waals surface area contributed by atoms with Crippen LogP contribution in [-0.4, -0.2) is 48.2 Å². The highest BCUT2D eigenvalue weighted by Crippen LogP contribution is 2.04. The zero-order chi connectivity index (χ0) is 17.2. The van der Waals surface area contributed by atoms with Crippen molar-refractivity contribution in [2.24, 2.45) is 4.99 Å². The highest BCUT2D eigenvalue weighted by atomic mass is 16.1. The average Bonchev–Trinajstić information content (AvgIpc) is 2.90. The molecule has 0 fully saturated rings. The van der Waals surface area contributed by atoms with Crippen LogP contribution in [0.3, 0.4) is 0 Å². The molecule has 1 aromatic heterocycles. The molecule has 1 heterocycles. The zero-order valence-electron chi connectivity index (χ0n) is 14.4. The molecule has 0 radical (unpaired) electrons. The zero-order valence-corrected chi connectivity index (χ0v) is 14.4. The van der Waals surface area contributed by atoms with Crippen molar-refractivity contribution in [3.05, 3.63) is 23.5 Å². The van der Waals surface area contributed by atoms with Gasteiger partial charge in [-0.3, -0.25) is 20.2 Å². The van der Waals surface area contributed by atoms with E-state index in [1.807, 2.05) is 39.8 Å². The maximum Gasteiger partial charge on any atom is 0.234 e. The molecule has 0 aliphatic heterocycles. The van der Waals surface area contributed by atoms with E-state index < -0.39 is 0 Å². The predicted octanol–water partition coefficient (Wildman–Crippen LogP) is 0.723. The molecule has 23 heavy (non-hydrogen) atoms. The van der Waals surface area contributed by atoms with E-state index in [0.29, 0.717) is 12.4 Å². The maximum atomic E-state index is 11.4. The first-order chi connectivity index (χ1) is 10.9. The molecule has 1 atom stereocenters. The Balaban J connectivity index is 2.48. The number of hydrogen-bond donors (Lipinski definition) is 5. The van der Waals surface area contributed by atoms with Crippen molar-refractivity contribution in [1.29, 1.82) is 0 Å². The highest BCUT2D eigenvalue weighted by Gasteiger charge is 2.05. The number of nitrogens with one attached hydrogen (secondary N) is 5. The summed E-state index contributed by atoms with van der Waals surface area (Å²) in [6.07, 6.45) is 1.84. The van der Waals surface area contributed by atoms with Gasteiger partial charge in [0, 0.05) is 31.0 Å². The van der Waals surface area contributed by atoms with Crippen molar-refractivity contribution in [2.75, 3.05) is 25.5 Å². The smallest absolute Gasteiger partial charge is 0.234 e. The van der Waals surface area contributed by atoms with Crippen molar-refractivity contribution in [3.63, 3.8) is 0 Å². The van der Waals surface area contributed by atoms with Crippen LogP contribution in [0.15, 0.2) is 22.8 Å². The minimum absolute atomic E-state index is 0.0193. The number of likely N-dealkylation sites (N-methyl/N-ethyl adjacent to an activating group) is 1. The van der Waals surface area contributed by atoms with Gasteiger partial charge in [0.2, 0.25) is 5.91 Å². The van der Waals surface area contributed by atoms with Crippen molar-refractivity contribution in [2.45, 2.75) is 33.9 Å². The number of amidine groups is 1. The van der Waals surface area contributed by atoms with E-state index in [1.165, 1.54) is 0 Å². The van der Waals surface area contributed by atoms with E-state index in [0.717, 1.165) is 17.2 Å². The standard InChI is InChI=1S/C15H27N7O/c1-6-17-15(23)9-18-12(4)19-10(2)7-13(16-5)20-14-8-11(3)21-22-14/h7-8,12,18-19H,6,9H2,1-5H3,(H,17,23)(H2,16,20,21,22). The number of aliphatic imine (C=N–C) groups is 1. The van der Waals surface area contributed by atoms with Crippen LogP contribution in [0.2, 0.25) is 0 Å². The van der Waals surface area contributed by atoms with Gasteiger partial charge in [0.15, 0.2) is 5.82 Å².